The first kappa shape index (κ1) is 20.6. The molecular formula is C21H16F3NO3S. The van der Waals surface area contributed by atoms with E-state index in [1.807, 2.05) is 30.3 Å². The van der Waals surface area contributed by atoms with Crippen molar-refractivity contribution in [2.24, 2.45) is 0 Å². The van der Waals surface area contributed by atoms with Crippen molar-refractivity contribution in [1.82, 2.24) is 4.98 Å². The lowest BCUT2D eigenvalue weighted by molar-refractivity contribution is -0.274. The number of thiazole rings is 1. The van der Waals surface area contributed by atoms with Gasteiger partial charge in [-0.15, -0.1) is 24.5 Å². The molecule has 0 aliphatic carbocycles. The van der Waals surface area contributed by atoms with Gasteiger partial charge >= 0.3 is 12.3 Å². The van der Waals surface area contributed by atoms with E-state index in [0.29, 0.717) is 21.1 Å². The molecule has 8 heteroatoms. The van der Waals surface area contributed by atoms with E-state index < -0.39 is 12.3 Å². The molecule has 0 saturated heterocycles. The van der Waals surface area contributed by atoms with Gasteiger partial charge in [-0.2, -0.15) is 0 Å². The number of carbonyl (C=O) groups is 1. The molecule has 3 rings (SSSR count). The van der Waals surface area contributed by atoms with Gasteiger partial charge < -0.3 is 9.47 Å². The fourth-order valence-corrected chi connectivity index (χ4v) is 3.37. The van der Waals surface area contributed by atoms with Crippen LogP contribution in [0.2, 0.25) is 0 Å². The predicted octanol–water partition coefficient (Wildman–Crippen LogP) is 6.06. The van der Waals surface area contributed by atoms with Crippen molar-refractivity contribution in [1.29, 1.82) is 0 Å². The first-order valence-electron chi connectivity index (χ1n) is 8.63. The van der Waals surface area contributed by atoms with Crippen LogP contribution >= 0.6 is 11.3 Å². The maximum atomic E-state index is 12.3. The molecule has 0 atom stereocenters. The number of hydrogen-bond donors (Lipinski definition) is 0. The molecule has 2 aromatic carbocycles. The molecule has 0 radical (unpaired) electrons. The third kappa shape index (κ3) is 5.68. The van der Waals surface area contributed by atoms with Gasteiger partial charge in [-0.25, -0.2) is 9.78 Å². The van der Waals surface area contributed by atoms with Gasteiger partial charge in [0, 0.05) is 5.56 Å². The summed E-state index contributed by atoms with van der Waals surface area (Å²) < 4.78 is 45.7. The molecule has 0 fully saturated rings. The maximum absolute atomic E-state index is 12.3. The van der Waals surface area contributed by atoms with Gasteiger partial charge in [-0.3, -0.25) is 0 Å². The van der Waals surface area contributed by atoms with Gasteiger partial charge in [0.25, 0.3) is 0 Å². The Balaban J connectivity index is 1.84. The van der Waals surface area contributed by atoms with E-state index in [1.54, 1.807) is 19.1 Å². The molecule has 1 aromatic heterocycles. The number of aromatic nitrogens is 1. The van der Waals surface area contributed by atoms with E-state index in [1.165, 1.54) is 35.6 Å². The molecule has 0 aliphatic rings. The van der Waals surface area contributed by atoms with Gasteiger partial charge in [0.1, 0.15) is 15.6 Å². The van der Waals surface area contributed by atoms with Gasteiger partial charge in [-0.1, -0.05) is 48.5 Å². The SMILES string of the molecule is CCOC(=O)c1sc(C=Cc2ccc(OC(F)(F)F)cc2)nc1-c1ccccc1. The Morgan fingerprint density at radius 3 is 2.38 bits per heavy atom. The van der Waals surface area contributed by atoms with Crippen LogP contribution in [0, 0.1) is 0 Å². The molecular weight excluding hydrogens is 403 g/mol. The van der Waals surface area contributed by atoms with Crippen LogP contribution in [0.25, 0.3) is 23.4 Å². The summed E-state index contributed by atoms with van der Waals surface area (Å²) in [5, 5.41) is 0.572. The normalized spacial score (nSPS) is 11.6. The second-order valence-electron chi connectivity index (χ2n) is 5.77. The number of ether oxygens (including phenoxy) is 2. The molecule has 0 saturated carbocycles. The summed E-state index contributed by atoms with van der Waals surface area (Å²) in [5.41, 5.74) is 1.98. The lowest BCUT2D eigenvalue weighted by Crippen LogP contribution is -2.16. The van der Waals surface area contributed by atoms with E-state index in [-0.39, 0.29) is 12.4 Å². The molecule has 3 aromatic rings. The molecule has 0 bridgehead atoms. The van der Waals surface area contributed by atoms with Crippen molar-refractivity contribution < 1.29 is 27.4 Å². The number of esters is 1. The molecule has 0 N–H and O–H groups in total. The number of rotatable bonds is 6. The number of halogens is 3. The van der Waals surface area contributed by atoms with Crippen LogP contribution in [-0.2, 0) is 4.74 Å². The Morgan fingerprint density at radius 2 is 1.76 bits per heavy atom. The van der Waals surface area contributed by atoms with Gasteiger partial charge in [0.05, 0.1) is 12.3 Å². The summed E-state index contributed by atoms with van der Waals surface area (Å²) in [6.07, 6.45) is -1.34. The topological polar surface area (TPSA) is 48.4 Å². The highest BCUT2D eigenvalue weighted by Gasteiger charge is 2.30. The average molecular weight is 419 g/mol. The van der Waals surface area contributed by atoms with Gasteiger partial charge in [-0.05, 0) is 30.7 Å². The molecule has 150 valence electrons. The molecule has 0 spiro atoms. The highest BCUT2D eigenvalue weighted by Crippen LogP contribution is 2.30. The Bertz CT molecular complexity index is 996. The van der Waals surface area contributed by atoms with Crippen LogP contribution in [0.15, 0.2) is 54.6 Å². The fraction of sp³-hybridized carbons (Fsp3) is 0.143. The zero-order chi connectivity index (χ0) is 20.9. The van der Waals surface area contributed by atoms with E-state index in [2.05, 4.69) is 9.72 Å². The molecule has 0 unspecified atom stereocenters. The van der Waals surface area contributed by atoms with E-state index in [9.17, 15) is 18.0 Å². The summed E-state index contributed by atoms with van der Waals surface area (Å²) in [6.45, 7) is 1.98. The van der Waals surface area contributed by atoms with E-state index in [0.717, 1.165) is 5.56 Å². The van der Waals surface area contributed by atoms with Crippen LogP contribution in [-0.4, -0.2) is 23.9 Å². The van der Waals surface area contributed by atoms with E-state index >= 15 is 0 Å². The molecule has 29 heavy (non-hydrogen) atoms. The average Bonchev–Trinajstić information content (AvgIpc) is 3.12. The largest absolute Gasteiger partial charge is 0.573 e. The minimum absolute atomic E-state index is 0.252. The smallest absolute Gasteiger partial charge is 0.462 e. The second-order valence-corrected chi connectivity index (χ2v) is 6.80. The van der Waals surface area contributed by atoms with Crippen molar-refractivity contribution >= 4 is 29.5 Å². The number of nitrogens with zero attached hydrogens (tertiary/aromatic N) is 1. The Hall–Kier alpha value is -3.13. The monoisotopic (exact) mass is 419 g/mol. The zero-order valence-corrected chi connectivity index (χ0v) is 16.1. The highest BCUT2D eigenvalue weighted by atomic mass is 32.1. The minimum Gasteiger partial charge on any atom is -0.462 e. The van der Waals surface area contributed by atoms with Crippen LogP contribution in [0.5, 0.6) is 5.75 Å². The van der Waals surface area contributed by atoms with Gasteiger partial charge in [0.15, 0.2) is 0 Å². The number of benzene rings is 2. The molecule has 4 nitrogen and oxygen atoms in total. The number of hydrogen-bond acceptors (Lipinski definition) is 5. The van der Waals surface area contributed by atoms with Crippen molar-refractivity contribution in [3.63, 3.8) is 0 Å². The van der Waals surface area contributed by atoms with Crippen molar-refractivity contribution in [2.45, 2.75) is 13.3 Å². The fourth-order valence-electron chi connectivity index (χ4n) is 2.48. The van der Waals surface area contributed by atoms with E-state index in [4.69, 9.17) is 4.74 Å². The quantitative estimate of drug-likeness (QED) is 0.456. The third-order valence-corrected chi connectivity index (χ3v) is 4.68. The summed E-state index contributed by atoms with van der Waals surface area (Å²) in [4.78, 5) is 17.2. The van der Waals surface area contributed by atoms with Crippen LogP contribution < -0.4 is 4.74 Å². The molecule has 0 aliphatic heterocycles. The Labute approximate surface area is 169 Å². The predicted molar refractivity (Wildman–Crippen MR) is 106 cm³/mol. The van der Waals surface area contributed by atoms with Crippen LogP contribution in [0.4, 0.5) is 13.2 Å². The summed E-state index contributed by atoms with van der Waals surface area (Å²) >= 11 is 1.19. The van der Waals surface area contributed by atoms with Crippen molar-refractivity contribution in [2.75, 3.05) is 6.61 Å². The first-order valence-corrected chi connectivity index (χ1v) is 9.44. The highest BCUT2D eigenvalue weighted by molar-refractivity contribution is 7.15. The Morgan fingerprint density at radius 1 is 1.07 bits per heavy atom. The Kier molecular flexibility index (Phi) is 6.33. The number of alkyl halides is 3. The van der Waals surface area contributed by atoms with Crippen LogP contribution in [0.1, 0.15) is 27.2 Å². The maximum Gasteiger partial charge on any atom is 0.573 e. The molecule has 0 amide bonds. The van der Waals surface area contributed by atoms with Crippen LogP contribution in [0.3, 0.4) is 0 Å². The lowest BCUT2D eigenvalue weighted by Gasteiger charge is -2.08. The zero-order valence-electron chi connectivity index (χ0n) is 15.3. The number of carbonyl (C=O) groups excluding carboxylic acids is 1. The third-order valence-electron chi connectivity index (χ3n) is 3.68. The minimum atomic E-state index is -4.73. The first-order chi connectivity index (χ1) is 13.9. The second kappa shape index (κ2) is 8.91. The lowest BCUT2D eigenvalue weighted by atomic mass is 10.1. The summed E-state index contributed by atoms with van der Waals surface area (Å²) in [6, 6.07) is 14.7. The summed E-state index contributed by atoms with van der Waals surface area (Å²) in [5.74, 6) is -0.739. The standard InChI is InChI=1S/C21H16F3NO3S/c1-2-27-20(26)19-18(15-6-4-3-5-7-15)25-17(29-19)13-10-14-8-11-16(12-9-14)28-21(22,23)24/h3-13H,2H2,1H3. The van der Waals surface area contributed by atoms with Crippen molar-refractivity contribution in [3.8, 4) is 17.0 Å². The molecule has 1 heterocycles. The van der Waals surface area contributed by atoms with Gasteiger partial charge in [0.2, 0.25) is 0 Å². The van der Waals surface area contributed by atoms with Crippen molar-refractivity contribution in [3.05, 3.63) is 70.0 Å². The summed E-state index contributed by atoms with van der Waals surface area (Å²) in [7, 11) is 0.